The number of carbonyl (C=O) groups is 1. The average Bonchev–Trinajstić information content (AvgIpc) is 2.46. The fourth-order valence-electron chi connectivity index (χ4n) is 2.33. The predicted molar refractivity (Wildman–Crippen MR) is 78.3 cm³/mol. The van der Waals surface area contributed by atoms with Gasteiger partial charge >= 0.3 is 0 Å². The van der Waals surface area contributed by atoms with Gasteiger partial charge in [0.1, 0.15) is 0 Å². The summed E-state index contributed by atoms with van der Waals surface area (Å²) in [6, 6.07) is 5.68. The normalized spacial score (nSPS) is 15.7. The number of nitrogens with two attached hydrogens (primary N) is 1. The Balaban J connectivity index is 2.26. The first-order chi connectivity index (χ1) is 9.61. The van der Waals surface area contributed by atoms with E-state index in [2.05, 4.69) is 11.8 Å². The molecule has 1 aliphatic rings. The molecule has 0 radical (unpaired) electrons. The Morgan fingerprint density at radius 1 is 1.45 bits per heavy atom. The Kier molecular flexibility index (Phi) is 4.78. The van der Waals surface area contributed by atoms with Gasteiger partial charge in [-0.05, 0) is 31.9 Å². The number of aliphatic hydroxyl groups excluding tert-OH is 1. The molecule has 0 aromatic heterocycles. The molecular formula is C16H20N2O2. The third-order valence-corrected chi connectivity index (χ3v) is 3.48. The highest BCUT2D eigenvalue weighted by Gasteiger charge is 2.23. The molecule has 4 nitrogen and oxygen atoms in total. The molecule has 0 spiro atoms. The number of carbonyl (C=O) groups excluding carboxylic acids is 1. The number of piperidine rings is 1. The summed E-state index contributed by atoms with van der Waals surface area (Å²) in [6.45, 7) is 3.42. The predicted octanol–water partition coefficient (Wildman–Crippen LogP) is 0.902. The van der Waals surface area contributed by atoms with Gasteiger partial charge in [-0.15, -0.1) is 0 Å². The number of hydrogen-bond donors (Lipinski definition) is 2. The van der Waals surface area contributed by atoms with Gasteiger partial charge in [-0.25, -0.2) is 0 Å². The highest BCUT2D eigenvalue weighted by atomic mass is 16.3. The molecule has 0 atom stereocenters. The molecule has 1 fully saturated rings. The number of amides is 1. The van der Waals surface area contributed by atoms with Gasteiger partial charge in [-0.2, -0.15) is 0 Å². The Morgan fingerprint density at radius 2 is 2.15 bits per heavy atom. The van der Waals surface area contributed by atoms with Crippen LogP contribution in [-0.2, 0) is 0 Å². The van der Waals surface area contributed by atoms with E-state index in [1.54, 1.807) is 4.90 Å². The Hall–Kier alpha value is -1.83. The highest BCUT2D eigenvalue weighted by molar-refractivity contribution is 5.97. The maximum atomic E-state index is 12.6. The van der Waals surface area contributed by atoms with Gasteiger partial charge < -0.3 is 15.7 Å². The van der Waals surface area contributed by atoms with Gasteiger partial charge in [0.25, 0.3) is 5.91 Å². The van der Waals surface area contributed by atoms with E-state index in [9.17, 15) is 9.90 Å². The van der Waals surface area contributed by atoms with Crippen molar-refractivity contribution in [1.29, 1.82) is 0 Å². The molecule has 1 amide bonds. The van der Waals surface area contributed by atoms with Crippen molar-refractivity contribution in [2.45, 2.75) is 25.9 Å². The fraction of sp³-hybridized carbons (Fsp3) is 0.438. The topological polar surface area (TPSA) is 66.6 Å². The van der Waals surface area contributed by atoms with E-state index in [1.807, 2.05) is 25.1 Å². The quantitative estimate of drug-likeness (QED) is 0.747. The zero-order chi connectivity index (χ0) is 14.5. The molecule has 0 unspecified atom stereocenters. The van der Waals surface area contributed by atoms with Gasteiger partial charge in [0.05, 0.1) is 18.2 Å². The van der Waals surface area contributed by atoms with Crippen LogP contribution in [0.3, 0.4) is 0 Å². The zero-order valence-corrected chi connectivity index (χ0v) is 11.7. The average molecular weight is 272 g/mol. The first kappa shape index (κ1) is 14.6. The lowest BCUT2D eigenvalue weighted by molar-refractivity contribution is 0.0546. The summed E-state index contributed by atoms with van der Waals surface area (Å²) in [4.78, 5) is 14.4. The summed E-state index contributed by atoms with van der Waals surface area (Å²) in [5.41, 5.74) is 7.77. The van der Waals surface area contributed by atoms with Gasteiger partial charge in [0, 0.05) is 18.7 Å². The number of likely N-dealkylation sites (tertiary alicyclic amines) is 1. The number of rotatable bonds is 1. The van der Waals surface area contributed by atoms with Gasteiger partial charge in [0.15, 0.2) is 0 Å². The van der Waals surface area contributed by atoms with Crippen molar-refractivity contribution in [2.75, 3.05) is 19.6 Å². The molecule has 1 aromatic rings. The summed E-state index contributed by atoms with van der Waals surface area (Å²) >= 11 is 0. The van der Waals surface area contributed by atoms with Crippen LogP contribution in [0.2, 0.25) is 0 Å². The maximum absolute atomic E-state index is 12.6. The standard InChI is InChI=1S/C16H20N2O2/c1-12-4-5-13(3-2-8-17)15(11-12)16(20)18-9-6-14(19)7-10-18/h4-5,11,14,19H,6-10,17H2,1H3. The smallest absolute Gasteiger partial charge is 0.255 e. The van der Waals surface area contributed by atoms with Crippen LogP contribution in [0.4, 0.5) is 0 Å². The van der Waals surface area contributed by atoms with E-state index in [0.717, 1.165) is 11.1 Å². The largest absolute Gasteiger partial charge is 0.393 e. The summed E-state index contributed by atoms with van der Waals surface area (Å²) in [5.74, 6) is 5.74. The Labute approximate surface area is 119 Å². The summed E-state index contributed by atoms with van der Waals surface area (Å²) in [5, 5.41) is 9.52. The molecule has 20 heavy (non-hydrogen) atoms. The van der Waals surface area contributed by atoms with Gasteiger partial charge in [-0.3, -0.25) is 4.79 Å². The molecular weight excluding hydrogens is 252 g/mol. The summed E-state index contributed by atoms with van der Waals surface area (Å²) < 4.78 is 0. The van der Waals surface area contributed by atoms with E-state index < -0.39 is 0 Å². The monoisotopic (exact) mass is 272 g/mol. The first-order valence-corrected chi connectivity index (χ1v) is 6.88. The molecule has 2 rings (SSSR count). The molecule has 1 aromatic carbocycles. The SMILES string of the molecule is Cc1ccc(C#CCN)c(C(=O)N2CCC(O)CC2)c1. The van der Waals surface area contributed by atoms with Crippen molar-refractivity contribution in [3.63, 3.8) is 0 Å². The molecule has 1 heterocycles. The first-order valence-electron chi connectivity index (χ1n) is 6.88. The minimum Gasteiger partial charge on any atom is -0.393 e. The van der Waals surface area contributed by atoms with Crippen LogP contribution in [0.5, 0.6) is 0 Å². The third-order valence-electron chi connectivity index (χ3n) is 3.48. The van der Waals surface area contributed by atoms with Crippen LogP contribution in [0.15, 0.2) is 18.2 Å². The van der Waals surface area contributed by atoms with Crippen molar-refractivity contribution in [1.82, 2.24) is 4.90 Å². The lowest BCUT2D eigenvalue weighted by Crippen LogP contribution is -2.40. The molecule has 0 aliphatic carbocycles. The second-order valence-electron chi connectivity index (χ2n) is 5.08. The number of hydrogen-bond acceptors (Lipinski definition) is 3. The fourth-order valence-corrected chi connectivity index (χ4v) is 2.33. The second-order valence-corrected chi connectivity index (χ2v) is 5.08. The maximum Gasteiger partial charge on any atom is 0.255 e. The van der Waals surface area contributed by atoms with Crippen molar-refractivity contribution in [3.8, 4) is 11.8 Å². The van der Waals surface area contributed by atoms with Crippen molar-refractivity contribution in [3.05, 3.63) is 34.9 Å². The molecule has 4 heteroatoms. The molecule has 1 saturated heterocycles. The van der Waals surface area contributed by atoms with Crippen LogP contribution >= 0.6 is 0 Å². The minimum atomic E-state index is -0.284. The molecule has 0 bridgehead atoms. The van der Waals surface area contributed by atoms with Crippen molar-refractivity contribution in [2.24, 2.45) is 5.73 Å². The molecule has 106 valence electrons. The number of nitrogens with zero attached hydrogens (tertiary/aromatic N) is 1. The minimum absolute atomic E-state index is 0.0121. The number of aliphatic hydroxyl groups is 1. The van der Waals surface area contributed by atoms with Crippen molar-refractivity contribution >= 4 is 5.91 Å². The number of aryl methyl sites for hydroxylation is 1. The summed E-state index contributed by atoms with van der Waals surface area (Å²) in [7, 11) is 0. The number of benzene rings is 1. The lowest BCUT2D eigenvalue weighted by Gasteiger charge is -2.30. The molecule has 1 aliphatic heterocycles. The molecule has 0 saturated carbocycles. The van der Waals surface area contributed by atoms with Crippen LogP contribution in [0.25, 0.3) is 0 Å². The van der Waals surface area contributed by atoms with Crippen LogP contribution < -0.4 is 5.73 Å². The van der Waals surface area contributed by atoms with Crippen LogP contribution in [-0.4, -0.2) is 41.7 Å². The van der Waals surface area contributed by atoms with Gasteiger partial charge in [-0.1, -0.05) is 23.5 Å². The Bertz CT molecular complexity index is 549. The van der Waals surface area contributed by atoms with E-state index in [1.165, 1.54) is 0 Å². The zero-order valence-electron chi connectivity index (χ0n) is 11.7. The van der Waals surface area contributed by atoms with Crippen molar-refractivity contribution < 1.29 is 9.90 Å². The van der Waals surface area contributed by atoms with E-state index in [4.69, 9.17) is 5.73 Å². The van der Waals surface area contributed by atoms with E-state index >= 15 is 0 Å². The second kappa shape index (κ2) is 6.56. The highest BCUT2D eigenvalue weighted by Crippen LogP contribution is 2.17. The lowest BCUT2D eigenvalue weighted by atomic mass is 10.0. The molecule has 3 N–H and O–H groups in total. The van der Waals surface area contributed by atoms with Gasteiger partial charge in [0.2, 0.25) is 0 Å². The van der Waals surface area contributed by atoms with E-state index in [0.29, 0.717) is 31.5 Å². The van der Waals surface area contributed by atoms with Crippen LogP contribution in [0.1, 0.15) is 34.3 Å². The summed E-state index contributed by atoms with van der Waals surface area (Å²) in [6.07, 6.45) is 0.996. The van der Waals surface area contributed by atoms with E-state index in [-0.39, 0.29) is 18.6 Å². The third kappa shape index (κ3) is 3.38. The Morgan fingerprint density at radius 3 is 2.80 bits per heavy atom. The van der Waals surface area contributed by atoms with Crippen LogP contribution in [0, 0.1) is 18.8 Å².